The molecule has 0 spiro atoms. The van der Waals surface area contributed by atoms with E-state index in [9.17, 15) is 4.79 Å². The summed E-state index contributed by atoms with van der Waals surface area (Å²) >= 11 is 0. The number of amides is 1. The largest absolute Gasteiger partial charge is 0.399 e. The molecular weight excluding hydrogens is 238 g/mol. The normalized spacial score (nSPS) is 10.2. The molecule has 4 nitrogen and oxygen atoms in total. The molecule has 19 heavy (non-hydrogen) atoms. The van der Waals surface area contributed by atoms with E-state index in [4.69, 9.17) is 11.5 Å². The van der Waals surface area contributed by atoms with Gasteiger partial charge in [-0.3, -0.25) is 4.79 Å². The number of primary amides is 1. The number of nitrogens with zero attached hydrogens (tertiary/aromatic N) is 1. The van der Waals surface area contributed by atoms with Gasteiger partial charge in [0.25, 0.3) is 0 Å². The summed E-state index contributed by atoms with van der Waals surface area (Å²) in [6.45, 7) is 0. The minimum Gasteiger partial charge on any atom is -0.399 e. The smallest absolute Gasteiger partial charge is 0.249 e. The average Bonchev–Trinajstić information content (AvgIpc) is 2.38. The van der Waals surface area contributed by atoms with Gasteiger partial charge >= 0.3 is 0 Å². The Kier molecular flexibility index (Phi) is 3.42. The number of nitrogen functional groups attached to an aromatic ring is 1. The van der Waals surface area contributed by atoms with Crippen LogP contribution in [0.4, 0.5) is 11.4 Å². The molecule has 2 rings (SSSR count). The molecule has 0 heterocycles. The molecule has 0 atom stereocenters. The molecule has 2 aromatic rings. The standard InChI is InChI=1S/C15H17N3O/c1-18(2)12-7-8-13(15(17)19)14(9-12)10-3-5-11(16)6-4-10/h3-9H,16H2,1-2H3,(H2,17,19). The van der Waals surface area contributed by atoms with Gasteiger partial charge in [-0.15, -0.1) is 0 Å². The highest BCUT2D eigenvalue weighted by atomic mass is 16.1. The van der Waals surface area contributed by atoms with Gasteiger partial charge in [0.2, 0.25) is 5.91 Å². The third-order valence-electron chi connectivity index (χ3n) is 3.01. The molecule has 0 unspecified atom stereocenters. The van der Waals surface area contributed by atoms with Crippen molar-refractivity contribution >= 4 is 17.3 Å². The lowest BCUT2D eigenvalue weighted by Gasteiger charge is -2.16. The molecule has 0 bridgehead atoms. The summed E-state index contributed by atoms with van der Waals surface area (Å²) in [5, 5.41) is 0. The van der Waals surface area contributed by atoms with Crippen LogP contribution in [0, 0.1) is 0 Å². The van der Waals surface area contributed by atoms with Gasteiger partial charge in [0.05, 0.1) is 0 Å². The Labute approximate surface area is 112 Å². The highest BCUT2D eigenvalue weighted by Gasteiger charge is 2.11. The van der Waals surface area contributed by atoms with Crippen LogP contribution in [0.1, 0.15) is 10.4 Å². The molecule has 4 N–H and O–H groups in total. The number of benzene rings is 2. The fraction of sp³-hybridized carbons (Fsp3) is 0.133. The minimum absolute atomic E-state index is 0.433. The van der Waals surface area contributed by atoms with Crippen molar-refractivity contribution in [3.63, 3.8) is 0 Å². The van der Waals surface area contributed by atoms with Crippen LogP contribution in [0.2, 0.25) is 0 Å². The lowest BCUT2D eigenvalue weighted by molar-refractivity contribution is 0.100. The molecule has 0 saturated carbocycles. The Hall–Kier alpha value is -2.49. The average molecular weight is 255 g/mol. The van der Waals surface area contributed by atoms with Crippen molar-refractivity contribution in [2.45, 2.75) is 0 Å². The molecule has 1 amide bonds. The van der Waals surface area contributed by atoms with E-state index < -0.39 is 5.91 Å². The summed E-state index contributed by atoms with van der Waals surface area (Å²) in [6, 6.07) is 13.0. The second-order valence-corrected chi connectivity index (χ2v) is 4.61. The van der Waals surface area contributed by atoms with Crippen LogP contribution in [0.25, 0.3) is 11.1 Å². The summed E-state index contributed by atoms with van der Waals surface area (Å²) in [4.78, 5) is 13.5. The molecular formula is C15H17N3O. The van der Waals surface area contributed by atoms with Gasteiger partial charge in [0.1, 0.15) is 0 Å². The van der Waals surface area contributed by atoms with Crippen LogP contribution in [0.5, 0.6) is 0 Å². The Bertz CT molecular complexity index is 603. The van der Waals surface area contributed by atoms with Crippen molar-refractivity contribution in [1.29, 1.82) is 0 Å². The second-order valence-electron chi connectivity index (χ2n) is 4.61. The predicted molar refractivity (Wildman–Crippen MR) is 79.1 cm³/mol. The van der Waals surface area contributed by atoms with Gasteiger partial charge in [-0.25, -0.2) is 0 Å². The van der Waals surface area contributed by atoms with E-state index in [0.717, 1.165) is 16.8 Å². The number of nitrogens with two attached hydrogens (primary N) is 2. The summed E-state index contributed by atoms with van der Waals surface area (Å²) in [5.41, 5.74) is 15.1. The third-order valence-corrected chi connectivity index (χ3v) is 3.01. The molecule has 98 valence electrons. The van der Waals surface area contributed by atoms with Gasteiger partial charge < -0.3 is 16.4 Å². The third kappa shape index (κ3) is 2.68. The van der Waals surface area contributed by atoms with Crippen molar-refractivity contribution in [2.75, 3.05) is 24.7 Å². The number of hydrogen-bond acceptors (Lipinski definition) is 3. The molecule has 0 radical (unpaired) electrons. The summed E-state index contributed by atoms with van der Waals surface area (Å²) < 4.78 is 0. The Balaban J connectivity index is 2.60. The summed E-state index contributed by atoms with van der Waals surface area (Å²) in [6.07, 6.45) is 0. The molecule has 4 heteroatoms. The molecule has 2 aromatic carbocycles. The Morgan fingerprint density at radius 1 is 1.05 bits per heavy atom. The summed E-state index contributed by atoms with van der Waals surface area (Å²) in [5.74, 6) is -0.433. The molecule has 0 aliphatic rings. The van der Waals surface area contributed by atoms with E-state index in [1.165, 1.54) is 0 Å². The van der Waals surface area contributed by atoms with Crippen molar-refractivity contribution < 1.29 is 4.79 Å². The number of carbonyl (C=O) groups excluding carboxylic acids is 1. The fourth-order valence-corrected chi connectivity index (χ4v) is 1.93. The van der Waals surface area contributed by atoms with Gasteiger partial charge in [0.15, 0.2) is 0 Å². The number of hydrogen-bond donors (Lipinski definition) is 2. The lowest BCUT2D eigenvalue weighted by atomic mass is 9.98. The van der Waals surface area contributed by atoms with Crippen molar-refractivity contribution in [3.05, 3.63) is 48.0 Å². The number of rotatable bonds is 3. The highest BCUT2D eigenvalue weighted by molar-refractivity contribution is 6.00. The monoisotopic (exact) mass is 255 g/mol. The molecule has 0 saturated heterocycles. The Morgan fingerprint density at radius 2 is 1.68 bits per heavy atom. The van der Waals surface area contributed by atoms with Crippen LogP contribution < -0.4 is 16.4 Å². The van der Waals surface area contributed by atoms with Crippen LogP contribution in [-0.4, -0.2) is 20.0 Å². The molecule has 0 aliphatic heterocycles. The van der Waals surface area contributed by atoms with Crippen molar-refractivity contribution in [1.82, 2.24) is 0 Å². The topological polar surface area (TPSA) is 72.3 Å². The highest BCUT2D eigenvalue weighted by Crippen LogP contribution is 2.28. The van der Waals surface area contributed by atoms with E-state index in [-0.39, 0.29) is 0 Å². The first-order chi connectivity index (χ1) is 8.99. The zero-order valence-corrected chi connectivity index (χ0v) is 11.1. The zero-order valence-electron chi connectivity index (χ0n) is 11.1. The first-order valence-corrected chi connectivity index (χ1v) is 5.96. The van der Waals surface area contributed by atoms with E-state index in [0.29, 0.717) is 11.3 Å². The minimum atomic E-state index is -0.433. The van der Waals surface area contributed by atoms with Gasteiger partial charge in [-0.05, 0) is 41.5 Å². The first kappa shape index (κ1) is 13.0. The van der Waals surface area contributed by atoms with E-state index in [1.807, 2.05) is 55.4 Å². The molecule has 0 fully saturated rings. The van der Waals surface area contributed by atoms with E-state index in [2.05, 4.69) is 0 Å². The van der Waals surface area contributed by atoms with Crippen molar-refractivity contribution in [3.8, 4) is 11.1 Å². The van der Waals surface area contributed by atoms with Gasteiger partial charge in [-0.2, -0.15) is 0 Å². The quantitative estimate of drug-likeness (QED) is 0.825. The van der Waals surface area contributed by atoms with Crippen LogP contribution in [-0.2, 0) is 0 Å². The van der Waals surface area contributed by atoms with E-state index >= 15 is 0 Å². The predicted octanol–water partition coefficient (Wildman–Crippen LogP) is 2.10. The molecule has 0 aromatic heterocycles. The fourth-order valence-electron chi connectivity index (χ4n) is 1.93. The summed E-state index contributed by atoms with van der Waals surface area (Å²) in [7, 11) is 3.90. The van der Waals surface area contributed by atoms with Crippen molar-refractivity contribution in [2.24, 2.45) is 5.73 Å². The zero-order chi connectivity index (χ0) is 14.0. The van der Waals surface area contributed by atoms with Gasteiger partial charge in [0, 0.05) is 31.0 Å². The molecule has 0 aliphatic carbocycles. The van der Waals surface area contributed by atoms with Gasteiger partial charge in [-0.1, -0.05) is 12.1 Å². The SMILES string of the molecule is CN(C)c1ccc(C(N)=O)c(-c2ccc(N)cc2)c1. The lowest BCUT2D eigenvalue weighted by Crippen LogP contribution is -2.14. The van der Waals surface area contributed by atoms with Crippen LogP contribution in [0.3, 0.4) is 0 Å². The number of carbonyl (C=O) groups is 1. The first-order valence-electron chi connectivity index (χ1n) is 5.96. The maximum Gasteiger partial charge on any atom is 0.249 e. The van der Waals surface area contributed by atoms with Crippen LogP contribution in [0.15, 0.2) is 42.5 Å². The second kappa shape index (κ2) is 5.02. The maximum absolute atomic E-state index is 11.5. The Morgan fingerprint density at radius 3 is 2.21 bits per heavy atom. The maximum atomic E-state index is 11.5. The van der Waals surface area contributed by atoms with Crippen LogP contribution >= 0.6 is 0 Å². The van der Waals surface area contributed by atoms with E-state index in [1.54, 1.807) is 6.07 Å². The number of anilines is 2.